The van der Waals surface area contributed by atoms with Gasteiger partial charge < -0.3 is 4.98 Å². The number of nitrogens with one attached hydrogen (secondary N) is 1. The van der Waals surface area contributed by atoms with Crippen molar-refractivity contribution in [2.24, 2.45) is 0 Å². The molecule has 23 heavy (non-hydrogen) atoms. The summed E-state index contributed by atoms with van der Waals surface area (Å²) in [5.74, 6) is 1.81. The molecule has 112 valence electrons. The van der Waals surface area contributed by atoms with Crippen molar-refractivity contribution in [2.75, 3.05) is 0 Å². The summed E-state index contributed by atoms with van der Waals surface area (Å²) in [4.78, 5) is 16.9. The smallest absolute Gasteiger partial charge is 0.129 e. The van der Waals surface area contributed by atoms with E-state index in [-0.39, 0.29) is 0 Å². The van der Waals surface area contributed by atoms with E-state index < -0.39 is 0 Å². The number of aromatic amines is 1. The van der Waals surface area contributed by atoms with Gasteiger partial charge in [0.15, 0.2) is 0 Å². The molecule has 4 aromatic rings. The molecule has 2 heterocycles. The van der Waals surface area contributed by atoms with Crippen LogP contribution in [0, 0.1) is 0 Å². The fourth-order valence-electron chi connectivity index (χ4n) is 2.62. The first-order valence-electron chi connectivity index (χ1n) is 7.68. The van der Waals surface area contributed by atoms with Crippen molar-refractivity contribution in [3.63, 3.8) is 0 Å². The van der Waals surface area contributed by atoms with Gasteiger partial charge in [0.05, 0.1) is 17.4 Å². The topological polar surface area (TPSA) is 54.5 Å². The van der Waals surface area contributed by atoms with Crippen LogP contribution >= 0.6 is 0 Å². The van der Waals surface area contributed by atoms with Crippen molar-refractivity contribution in [1.82, 2.24) is 19.9 Å². The average Bonchev–Trinajstić information content (AvgIpc) is 3.10. The number of H-pyrrole nitrogens is 1. The van der Waals surface area contributed by atoms with Crippen LogP contribution in [-0.2, 0) is 12.8 Å². The molecule has 2 aromatic heterocycles. The summed E-state index contributed by atoms with van der Waals surface area (Å²) >= 11 is 0. The Labute approximate surface area is 134 Å². The highest BCUT2D eigenvalue weighted by Crippen LogP contribution is 2.17. The maximum atomic E-state index is 4.60. The summed E-state index contributed by atoms with van der Waals surface area (Å²) in [5.41, 5.74) is 3.18. The number of rotatable bonds is 4. The van der Waals surface area contributed by atoms with Crippen molar-refractivity contribution >= 4 is 10.9 Å². The van der Waals surface area contributed by atoms with Gasteiger partial charge in [0.25, 0.3) is 0 Å². The largest absolute Gasteiger partial charge is 0.342 e. The van der Waals surface area contributed by atoms with Gasteiger partial charge in [0, 0.05) is 24.4 Å². The molecule has 0 saturated carbocycles. The number of nitrogens with zero attached hydrogens (tertiary/aromatic N) is 3. The molecule has 0 radical (unpaired) electrons. The molecule has 2 aromatic carbocycles. The standard InChI is InChI=1S/C19H16N4/c1-2-6-14(7-3-1)17-13-21-19(23-17)11-10-18-20-12-15-8-4-5-9-16(15)22-18/h1-9,12-13H,10-11H2,(H,21,23). The minimum Gasteiger partial charge on any atom is -0.342 e. The molecule has 0 aliphatic heterocycles. The zero-order valence-electron chi connectivity index (χ0n) is 12.6. The van der Waals surface area contributed by atoms with Gasteiger partial charge in [0.1, 0.15) is 11.6 Å². The van der Waals surface area contributed by atoms with E-state index in [9.17, 15) is 0 Å². The molecule has 0 fully saturated rings. The van der Waals surface area contributed by atoms with Crippen LogP contribution in [0.15, 0.2) is 67.0 Å². The van der Waals surface area contributed by atoms with Gasteiger partial charge in [-0.05, 0) is 11.6 Å². The summed E-state index contributed by atoms with van der Waals surface area (Å²) in [6.45, 7) is 0. The molecule has 0 aliphatic rings. The fraction of sp³-hybridized carbons (Fsp3) is 0.105. The van der Waals surface area contributed by atoms with E-state index in [1.807, 2.05) is 54.9 Å². The Bertz CT molecular complexity index is 928. The van der Waals surface area contributed by atoms with E-state index >= 15 is 0 Å². The minimum absolute atomic E-state index is 0.770. The molecule has 4 heteroatoms. The van der Waals surface area contributed by atoms with Crippen LogP contribution in [0.4, 0.5) is 0 Å². The van der Waals surface area contributed by atoms with Crippen molar-refractivity contribution in [3.8, 4) is 11.3 Å². The monoisotopic (exact) mass is 300 g/mol. The summed E-state index contributed by atoms with van der Waals surface area (Å²) in [6.07, 6.45) is 5.33. The van der Waals surface area contributed by atoms with Crippen molar-refractivity contribution in [3.05, 3.63) is 78.6 Å². The van der Waals surface area contributed by atoms with Crippen LogP contribution in [0.25, 0.3) is 22.2 Å². The number of imidazole rings is 1. The van der Waals surface area contributed by atoms with Gasteiger partial charge in [-0.3, -0.25) is 0 Å². The van der Waals surface area contributed by atoms with E-state index in [1.54, 1.807) is 0 Å². The second-order valence-corrected chi connectivity index (χ2v) is 5.45. The van der Waals surface area contributed by atoms with Gasteiger partial charge in [-0.25, -0.2) is 15.0 Å². The maximum Gasteiger partial charge on any atom is 0.129 e. The number of hydrogen-bond donors (Lipinski definition) is 1. The van der Waals surface area contributed by atoms with Crippen LogP contribution in [0.5, 0.6) is 0 Å². The molecule has 1 N–H and O–H groups in total. The second-order valence-electron chi connectivity index (χ2n) is 5.45. The van der Waals surface area contributed by atoms with Gasteiger partial charge >= 0.3 is 0 Å². The summed E-state index contributed by atoms with van der Waals surface area (Å²) in [7, 11) is 0. The normalized spacial score (nSPS) is 11.0. The summed E-state index contributed by atoms with van der Waals surface area (Å²) in [6, 6.07) is 18.2. The lowest BCUT2D eigenvalue weighted by atomic mass is 10.2. The number of benzene rings is 2. The molecule has 0 spiro atoms. The molecule has 0 saturated heterocycles. The Morgan fingerprint density at radius 1 is 0.783 bits per heavy atom. The predicted octanol–water partition coefficient (Wildman–Crippen LogP) is 3.81. The van der Waals surface area contributed by atoms with E-state index in [1.165, 1.54) is 0 Å². The number of hydrogen-bond acceptors (Lipinski definition) is 3. The van der Waals surface area contributed by atoms with Gasteiger partial charge in [-0.2, -0.15) is 0 Å². The first-order chi connectivity index (χ1) is 11.4. The van der Waals surface area contributed by atoms with E-state index in [0.717, 1.165) is 46.7 Å². The SMILES string of the molecule is c1ccc(-c2cnc(CCc3ncc4ccccc4n3)[nH]2)cc1. The molecular weight excluding hydrogens is 284 g/mol. The Morgan fingerprint density at radius 3 is 2.52 bits per heavy atom. The maximum absolute atomic E-state index is 4.60. The van der Waals surface area contributed by atoms with Crippen molar-refractivity contribution in [2.45, 2.75) is 12.8 Å². The van der Waals surface area contributed by atoms with Crippen LogP contribution in [-0.4, -0.2) is 19.9 Å². The van der Waals surface area contributed by atoms with E-state index in [0.29, 0.717) is 0 Å². The number of aryl methyl sites for hydroxylation is 2. The molecule has 0 bridgehead atoms. The number of fused-ring (bicyclic) bond motifs is 1. The van der Waals surface area contributed by atoms with Gasteiger partial charge in [0.2, 0.25) is 0 Å². The Hall–Kier alpha value is -3.01. The minimum atomic E-state index is 0.770. The lowest BCUT2D eigenvalue weighted by molar-refractivity contribution is 0.827. The third-order valence-electron chi connectivity index (χ3n) is 3.84. The van der Waals surface area contributed by atoms with Crippen LogP contribution in [0.2, 0.25) is 0 Å². The lowest BCUT2D eigenvalue weighted by Crippen LogP contribution is -1.99. The first kappa shape index (κ1) is 13.6. The lowest BCUT2D eigenvalue weighted by Gasteiger charge is -2.01. The quantitative estimate of drug-likeness (QED) is 0.623. The Morgan fingerprint density at radius 2 is 1.61 bits per heavy atom. The average molecular weight is 300 g/mol. The third kappa shape index (κ3) is 2.97. The summed E-state index contributed by atoms with van der Waals surface area (Å²) < 4.78 is 0. The van der Waals surface area contributed by atoms with E-state index in [2.05, 4.69) is 32.1 Å². The zero-order valence-corrected chi connectivity index (χ0v) is 12.6. The number of aromatic nitrogens is 4. The fourth-order valence-corrected chi connectivity index (χ4v) is 2.62. The van der Waals surface area contributed by atoms with Crippen LogP contribution < -0.4 is 0 Å². The summed E-state index contributed by atoms with van der Waals surface area (Å²) in [5, 5.41) is 1.07. The molecule has 0 aliphatic carbocycles. The highest BCUT2D eigenvalue weighted by atomic mass is 14.9. The van der Waals surface area contributed by atoms with Crippen LogP contribution in [0.3, 0.4) is 0 Å². The van der Waals surface area contributed by atoms with E-state index in [4.69, 9.17) is 0 Å². The van der Waals surface area contributed by atoms with Crippen molar-refractivity contribution in [1.29, 1.82) is 0 Å². The van der Waals surface area contributed by atoms with Gasteiger partial charge in [-0.1, -0.05) is 48.5 Å². The highest BCUT2D eigenvalue weighted by molar-refractivity contribution is 5.77. The second kappa shape index (κ2) is 6.01. The van der Waals surface area contributed by atoms with Crippen molar-refractivity contribution < 1.29 is 0 Å². The first-order valence-corrected chi connectivity index (χ1v) is 7.68. The predicted molar refractivity (Wildman–Crippen MR) is 91.0 cm³/mol. The Balaban J connectivity index is 1.49. The molecule has 0 atom stereocenters. The molecular formula is C19H16N4. The van der Waals surface area contributed by atoms with Gasteiger partial charge in [-0.15, -0.1) is 0 Å². The third-order valence-corrected chi connectivity index (χ3v) is 3.84. The highest BCUT2D eigenvalue weighted by Gasteiger charge is 2.05. The number of para-hydroxylation sites is 1. The molecule has 0 unspecified atom stereocenters. The molecule has 0 amide bonds. The Kier molecular flexibility index (Phi) is 3.56. The zero-order chi connectivity index (χ0) is 15.5. The molecule has 4 nitrogen and oxygen atoms in total. The van der Waals surface area contributed by atoms with Crippen LogP contribution in [0.1, 0.15) is 11.6 Å². The molecule has 4 rings (SSSR count).